The van der Waals surface area contributed by atoms with Crippen molar-refractivity contribution < 1.29 is 0 Å². The second-order valence-corrected chi connectivity index (χ2v) is 8.10. The Hall–Kier alpha value is -0.620. The number of alkyl halides is 1. The molecule has 0 fully saturated rings. The molecule has 0 heterocycles. The summed E-state index contributed by atoms with van der Waals surface area (Å²) in [7, 11) is 0. The molecule has 0 saturated heterocycles. The third kappa shape index (κ3) is 3.01. The lowest BCUT2D eigenvalue weighted by atomic mass is 9.88. The van der Waals surface area contributed by atoms with Crippen LogP contribution >= 0.6 is 45.2 Å². The van der Waals surface area contributed by atoms with Gasteiger partial charge in [-0.25, -0.2) is 0 Å². The lowest BCUT2D eigenvalue weighted by Gasteiger charge is -2.27. The molecule has 0 aliphatic heterocycles. The predicted molar refractivity (Wildman–Crippen MR) is 103 cm³/mol. The number of halogens is 2. The van der Waals surface area contributed by atoms with Crippen LogP contribution in [0.3, 0.4) is 0 Å². The van der Waals surface area contributed by atoms with Crippen molar-refractivity contribution in [1.29, 1.82) is 0 Å². The van der Waals surface area contributed by atoms with Crippen LogP contribution in [0.25, 0.3) is 5.57 Å². The normalized spacial score (nSPS) is 21.6. The van der Waals surface area contributed by atoms with Gasteiger partial charge in [-0.05, 0) is 57.8 Å². The molecule has 3 rings (SSSR count). The summed E-state index contributed by atoms with van der Waals surface area (Å²) in [5.74, 6) is 0. The molecule has 0 nitrogen and oxygen atoms in total. The molecule has 0 bridgehead atoms. The van der Waals surface area contributed by atoms with Crippen LogP contribution in [-0.4, -0.2) is 0 Å². The Balaban J connectivity index is 1.86. The largest absolute Gasteiger partial charge is 0.0747 e. The van der Waals surface area contributed by atoms with E-state index >= 15 is 0 Å². The van der Waals surface area contributed by atoms with Crippen LogP contribution in [0.5, 0.6) is 0 Å². The van der Waals surface area contributed by atoms with E-state index in [1.54, 1.807) is 0 Å². The molecular weight excluding hydrogens is 470 g/mol. The first-order chi connectivity index (χ1) is 9.67. The smallest absolute Gasteiger partial charge is 0.0687 e. The zero-order valence-corrected chi connectivity index (χ0v) is 15.2. The van der Waals surface area contributed by atoms with Crippen molar-refractivity contribution in [3.8, 4) is 0 Å². The van der Waals surface area contributed by atoms with E-state index in [1.807, 2.05) is 0 Å². The van der Waals surface area contributed by atoms with Gasteiger partial charge in [0.25, 0.3) is 0 Å². The molecule has 0 aromatic heterocycles. The average Bonchev–Trinajstić information content (AvgIpc) is 2.49. The van der Waals surface area contributed by atoms with Crippen LogP contribution in [-0.2, 0) is 3.42 Å². The van der Waals surface area contributed by atoms with E-state index in [-0.39, 0.29) is 3.42 Å². The maximum Gasteiger partial charge on any atom is 0.0687 e. The summed E-state index contributed by atoms with van der Waals surface area (Å²) in [6.07, 6.45) is 7.97. The summed E-state index contributed by atoms with van der Waals surface area (Å²) in [6, 6.07) is 19.4. The quantitative estimate of drug-likeness (QED) is 0.365. The molecule has 0 amide bonds. The number of hydrogen-bond acceptors (Lipinski definition) is 0. The summed E-state index contributed by atoms with van der Waals surface area (Å²) in [5.41, 5.74) is 3.99. The molecule has 0 radical (unpaired) electrons. The fourth-order valence-electron chi connectivity index (χ4n) is 2.40. The Bertz CT molecular complexity index is 654. The van der Waals surface area contributed by atoms with Crippen LogP contribution in [0.1, 0.15) is 17.5 Å². The molecule has 100 valence electrons. The summed E-state index contributed by atoms with van der Waals surface area (Å²) in [5, 5.41) is 0. The fourth-order valence-corrected chi connectivity index (χ4v) is 3.52. The minimum atomic E-state index is 0.0837. The van der Waals surface area contributed by atoms with Crippen LogP contribution < -0.4 is 0 Å². The van der Waals surface area contributed by atoms with E-state index in [0.717, 1.165) is 6.42 Å². The molecule has 1 aliphatic rings. The zero-order chi connectivity index (χ0) is 14.0. The van der Waals surface area contributed by atoms with E-state index in [1.165, 1.54) is 20.3 Å². The van der Waals surface area contributed by atoms with E-state index in [4.69, 9.17) is 0 Å². The Morgan fingerprint density at radius 2 is 1.60 bits per heavy atom. The molecule has 0 spiro atoms. The summed E-state index contributed by atoms with van der Waals surface area (Å²) >= 11 is 4.91. The van der Waals surface area contributed by atoms with Gasteiger partial charge in [-0.15, -0.1) is 0 Å². The summed E-state index contributed by atoms with van der Waals surface area (Å²) in [6.45, 7) is 0. The number of rotatable bonds is 2. The van der Waals surface area contributed by atoms with E-state index < -0.39 is 0 Å². The van der Waals surface area contributed by atoms with Crippen LogP contribution in [0.2, 0.25) is 0 Å². The van der Waals surface area contributed by atoms with Gasteiger partial charge in [0.2, 0.25) is 0 Å². The highest BCUT2D eigenvalue weighted by molar-refractivity contribution is 14.1. The monoisotopic (exact) mass is 484 g/mol. The fraction of sp³-hybridized carbons (Fsp3) is 0.111. The molecule has 0 N–H and O–H groups in total. The van der Waals surface area contributed by atoms with Crippen LogP contribution in [0.4, 0.5) is 0 Å². The van der Waals surface area contributed by atoms with Gasteiger partial charge in [-0.1, -0.05) is 83.3 Å². The Morgan fingerprint density at radius 3 is 2.20 bits per heavy atom. The minimum Gasteiger partial charge on any atom is -0.0747 e. The minimum absolute atomic E-state index is 0.0837. The first-order valence-corrected chi connectivity index (χ1v) is 8.73. The first kappa shape index (κ1) is 14.3. The summed E-state index contributed by atoms with van der Waals surface area (Å²) < 4.78 is 1.37. The van der Waals surface area contributed by atoms with E-state index in [0.29, 0.717) is 0 Å². The van der Waals surface area contributed by atoms with Crippen LogP contribution in [0.15, 0.2) is 72.8 Å². The van der Waals surface area contributed by atoms with Crippen LogP contribution in [0, 0.1) is 3.57 Å². The lowest BCUT2D eigenvalue weighted by Crippen LogP contribution is -2.16. The van der Waals surface area contributed by atoms with Gasteiger partial charge < -0.3 is 0 Å². The van der Waals surface area contributed by atoms with Crippen molar-refractivity contribution >= 4 is 50.8 Å². The highest BCUT2D eigenvalue weighted by Gasteiger charge is 2.27. The third-order valence-electron chi connectivity index (χ3n) is 3.58. The Morgan fingerprint density at radius 1 is 0.900 bits per heavy atom. The lowest BCUT2D eigenvalue weighted by molar-refractivity contribution is 0.820. The highest BCUT2D eigenvalue weighted by atomic mass is 127. The van der Waals surface area contributed by atoms with Crippen molar-refractivity contribution in [1.82, 2.24) is 0 Å². The second kappa shape index (κ2) is 6.02. The second-order valence-electron chi connectivity index (χ2n) is 4.93. The van der Waals surface area contributed by atoms with Crippen molar-refractivity contribution in [2.75, 3.05) is 0 Å². The standard InChI is InChI=1S/C18H14I2/c19-17-8-6-16(7-9-17)18(20)12-10-15(11-13-18)14-4-2-1-3-5-14/h1-12H,13H2. The van der Waals surface area contributed by atoms with Crippen molar-refractivity contribution in [2.24, 2.45) is 0 Å². The van der Waals surface area contributed by atoms with E-state index in [2.05, 4.69) is 118 Å². The molecule has 2 heteroatoms. The predicted octanol–water partition coefficient (Wildman–Crippen LogP) is 5.97. The van der Waals surface area contributed by atoms with Gasteiger partial charge >= 0.3 is 0 Å². The number of hydrogen-bond donors (Lipinski definition) is 0. The topological polar surface area (TPSA) is 0 Å². The summed E-state index contributed by atoms with van der Waals surface area (Å²) in [4.78, 5) is 0. The zero-order valence-electron chi connectivity index (χ0n) is 10.9. The molecule has 1 aliphatic carbocycles. The molecule has 1 unspecified atom stereocenters. The van der Waals surface area contributed by atoms with Gasteiger partial charge in [0.1, 0.15) is 0 Å². The molecule has 1 atom stereocenters. The van der Waals surface area contributed by atoms with Crippen molar-refractivity contribution in [3.63, 3.8) is 0 Å². The molecule has 2 aromatic carbocycles. The Kier molecular flexibility index (Phi) is 4.31. The molecular formula is C18H14I2. The van der Waals surface area contributed by atoms with Gasteiger partial charge in [0.05, 0.1) is 3.42 Å². The molecule has 0 saturated carbocycles. The SMILES string of the molecule is Ic1ccc(C2(I)C=CC(c3ccccc3)=CC2)cc1. The molecule has 20 heavy (non-hydrogen) atoms. The Labute approximate surface area is 147 Å². The average molecular weight is 484 g/mol. The maximum atomic E-state index is 2.56. The van der Waals surface area contributed by atoms with Gasteiger partial charge in [0, 0.05) is 3.57 Å². The van der Waals surface area contributed by atoms with Crippen molar-refractivity contribution in [2.45, 2.75) is 9.84 Å². The van der Waals surface area contributed by atoms with Gasteiger partial charge in [0.15, 0.2) is 0 Å². The van der Waals surface area contributed by atoms with E-state index in [9.17, 15) is 0 Å². The third-order valence-corrected chi connectivity index (χ3v) is 5.72. The highest BCUT2D eigenvalue weighted by Crippen LogP contribution is 2.42. The van der Waals surface area contributed by atoms with Gasteiger partial charge in [-0.2, -0.15) is 0 Å². The molecule has 2 aromatic rings. The first-order valence-electron chi connectivity index (χ1n) is 6.57. The van der Waals surface area contributed by atoms with Gasteiger partial charge in [-0.3, -0.25) is 0 Å². The number of benzene rings is 2. The number of allylic oxidation sites excluding steroid dienone is 4. The maximum absolute atomic E-state index is 2.56. The van der Waals surface area contributed by atoms with Crippen molar-refractivity contribution in [3.05, 3.63) is 87.5 Å².